The van der Waals surface area contributed by atoms with Crippen molar-refractivity contribution in [3.8, 4) is 5.69 Å². The Morgan fingerprint density at radius 3 is 2.81 bits per heavy atom. The average Bonchev–Trinajstić information content (AvgIpc) is 2.92. The van der Waals surface area contributed by atoms with E-state index in [1.807, 2.05) is 24.3 Å². The third kappa shape index (κ3) is 2.12. The van der Waals surface area contributed by atoms with Crippen LogP contribution in [0.5, 0.6) is 0 Å². The molecule has 6 heteroatoms. The van der Waals surface area contributed by atoms with Crippen LogP contribution in [0.15, 0.2) is 24.3 Å². The Hall–Kier alpha value is -2.21. The highest BCUT2D eigenvalue weighted by atomic mass is 16.5. The molecule has 1 aliphatic rings. The second-order valence-corrected chi connectivity index (χ2v) is 5.09. The molecule has 110 valence electrons. The largest absolute Gasteiger partial charge is 0.469 e. The zero-order chi connectivity index (χ0) is 15.0. The van der Waals surface area contributed by atoms with Crippen molar-refractivity contribution in [1.29, 1.82) is 0 Å². The van der Waals surface area contributed by atoms with Gasteiger partial charge in [0.15, 0.2) is 0 Å². The van der Waals surface area contributed by atoms with Gasteiger partial charge in [-0.15, -0.1) is 5.10 Å². The van der Waals surface area contributed by atoms with Gasteiger partial charge in [-0.25, -0.2) is 4.68 Å². The molecule has 0 amide bonds. The van der Waals surface area contributed by atoms with Crippen LogP contribution < -0.4 is 0 Å². The van der Waals surface area contributed by atoms with Crippen LogP contribution in [0.25, 0.3) is 5.69 Å². The van der Waals surface area contributed by atoms with Gasteiger partial charge in [0.2, 0.25) is 0 Å². The minimum Gasteiger partial charge on any atom is -0.469 e. The molecule has 0 saturated carbocycles. The Balaban J connectivity index is 2.13. The summed E-state index contributed by atoms with van der Waals surface area (Å²) in [5.41, 5.74) is 3.58. The predicted molar refractivity (Wildman–Crippen MR) is 75.2 cm³/mol. The molecule has 2 aromatic rings. The SMILES string of the molecule is COC(=O)Cc1nnn2c1[C@H](C)[C@@H](OC)c1ccccc1-2. The van der Waals surface area contributed by atoms with Crippen molar-refractivity contribution < 1.29 is 14.3 Å². The summed E-state index contributed by atoms with van der Waals surface area (Å²) in [5, 5.41) is 8.37. The van der Waals surface area contributed by atoms with E-state index >= 15 is 0 Å². The number of aromatic nitrogens is 3. The van der Waals surface area contributed by atoms with Crippen molar-refractivity contribution in [3.05, 3.63) is 41.2 Å². The number of benzene rings is 1. The van der Waals surface area contributed by atoms with Crippen molar-refractivity contribution >= 4 is 5.97 Å². The Morgan fingerprint density at radius 2 is 2.10 bits per heavy atom. The molecule has 1 aromatic heterocycles. The lowest BCUT2D eigenvalue weighted by atomic mass is 9.88. The topological polar surface area (TPSA) is 66.2 Å². The number of rotatable bonds is 3. The molecule has 0 spiro atoms. The summed E-state index contributed by atoms with van der Waals surface area (Å²) < 4.78 is 12.2. The van der Waals surface area contributed by atoms with Crippen LogP contribution in [0.3, 0.4) is 0 Å². The van der Waals surface area contributed by atoms with E-state index in [0.29, 0.717) is 5.69 Å². The number of carbonyl (C=O) groups is 1. The number of methoxy groups -OCH3 is 2. The van der Waals surface area contributed by atoms with Gasteiger partial charge in [0.1, 0.15) is 0 Å². The highest BCUT2D eigenvalue weighted by Crippen LogP contribution is 2.42. The summed E-state index contributed by atoms with van der Waals surface area (Å²) >= 11 is 0. The Morgan fingerprint density at radius 1 is 1.33 bits per heavy atom. The van der Waals surface area contributed by atoms with E-state index in [1.54, 1.807) is 11.8 Å². The molecular weight excluding hydrogens is 270 g/mol. The molecule has 0 unspecified atom stereocenters. The molecule has 0 fully saturated rings. The number of esters is 1. The maximum Gasteiger partial charge on any atom is 0.311 e. The molecule has 0 N–H and O–H groups in total. The molecule has 0 bridgehead atoms. The highest BCUT2D eigenvalue weighted by molar-refractivity contribution is 5.72. The molecule has 2 heterocycles. The van der Waals surface area contributed by atoms with E-state index in [4.69, 9.17) is 9.47 Å². The molecule has 1 aromatic carbocycles. The lowest BCUT2D eigenvalue weighted by Gasteiger charge is -2.30. The number of hydrogen-bond donors (Lipinski definition) is 0. The fraction of sp³-hybridized carbons (Fsp3) is 0.400. The van der Waals surface area contributed by atoms with Gasteiger partial charge in [-0.2, -0.15) is 0 Å². The van der Waals surface area contributed by atoms with Gasteiger partial charge in [0.05, 0.1) is 36.7 Å². The van der Waals surface area contributed by atoms with E-state index in [2.05, 4.69) is 17.2 Å². The smallest absolute Gasteiger partial charge is 0.311 e. The summed E-state index contributed by atoms with van der Waals surface area (Å²) in [7, 11) is 3.06. The van der Waals surface area contributed by atoms with E-state index in [9.17, 15) is 4.79 Å². The van der Waals surface area contributed by atoms with Gasteiger partial charge in [0.25, 0.3) is 0 Å². The summed E-state index contributed by atoms with van der Waals surface area (Å²) in [6.45, 7) is 2.06. The Bertz CT molecular complexity index is 681. The molecule has 2 atom stereocenters. The quantitative estimate of drug-likeness (QED) is 0.805. The first-order chi connectivity index (χ1) is 10.2. The van der Waals surface area contributed by atoms with Crippen LogP contribution in [0.2, 0.25) is 0 Å². The van der Waals surface area contributed by atoms with Gasteiger partial charge >= 0.3 is 5.97 Å². The molecule has 3 rings (SSSR count). The lowest BCUT2D eigenvalue weighted by Crippen LogP contribution is -2.23. The van der Waals surface area contributed by atoms with Crippen molar-refractivity contribution in [2.24, 2.45) is 0 Å². The second-order valence-electron chi connectivity index (χ2n) is 5.09. The third-order valence-corrected chi connectivity index (χ3v) is 3.93. The molecule has 1 aliphatic heterocycles. The standard InChI is InChI=1S/C15H17N3O3/c1-9-14-11(8-13(19)20-2)16-17-18(14)12-7-5-4-6-10(12)15(9)21-3/h4-7,9,15H,8H2,1-3H3/t9-,15+/m0/s1. The summed E-state index contributed by atoms with van der Waals surface area (Å²) in [6.07, 6.45) is 0.0398. The average molecular weight is 287 g/mol. The summed E-state index contributed by atoms with van der Waals surface area (Å²) in [6, 6.07) is 7.94. The molecule has 0 saturated heterocycles. The van der Waals surface area contributed by atoms with Crippen LogP contribution in [0.1, 0.15) is 35.9 Å². The first-order valence-electron chi connectivity index (χ1n) is 6.80. The molecular formula is C15H17N3O3. The number of fused-ring (bicyclic) bond motifs is 3. The van der Waals surface area contributed by atoms with Crippen molar-refractivity contribution in [3.63, 3.8) is 0 Å². The fourth-order valence-electron chi connectivity index (χ4n) is 2.95. The van der Waals surface area contributed by atoms with Crippen molar-refractivity contribution in [2.45, 2.75) is 25.4 Å². The summed E-state index contributed by atoms with van der Waals surface area (Å²) in [4.78, 5) is 11.5. The van der Waals surface area contributed by atoms with Crippen LogP contribution >= 0.6 is 0 Å². The van der Waals surface area contributed by atoms with Crippen LogP contribution in [-0.2, 0) is 20.7 Å². The second kappa shape index (κ2) is 5.29. The van der Waals surface area contributed by atoms with Gasteiger partial charge in [-0.05, 0) is 6.07 Å². The Labute approximate surface area is 122 Å². The predicted octanol–water partition coefficient (Wildman–Crippen LogP) is 1.79. The van der Waals surface area contributed by atoms with Crippen molar-refractivity contribution in [1.82, 2.24) is 15.0 Å². The number of para-hydroxylation sites is 1. The first kappa shape index (κ1) is 13.8. The van der Waals surface area contributed by atoms with Crippen LogP contribution in [0, 0.1) is 0 Å². The van der Waals surface area contributed by atoms with Gasteiger partial charge < -0.3 is 9.47 Å². The number of hydrogen-bond acceptors (Lipinski definition) is 5. The Kier molecular flexibility index (Phi) is 3.47. The summed E-state index contributed by atoms with van der Waals surface area (Å²) in [5.74, 6) is -0.266. The van der Waals surface area contributed by atoms with Crippen LogP contribution in [-0.4, -0.2) is 35.2 Å². The number of ether oxygens (including phenoxy) is 2. The van der Waals surface area contributed by atoms with Gasteiger partial charge in [-0.3, -0.25) is 4.79 Å². The monoisotopic (exact) mass is 287 g/mol. The van der Waals surface area contributed by atoms with E-state index in [0.717, 1.165) is 16.9 Å². The maximum atomic E-state index is 11.5. The van der Waals surface area contributed by atoms with Crippen molar-refractivity contribution in [2.75, 3.05) is 14.2 Å². The fourth-order valence-corrected chi connectivity index (χ4v) is 2.95. The normalized spacial score (nSPS) is 19.8. The minimum absolute atomic E-state index is 0.0551. The van der Waals surface area contributed by atoms with Crippen LogP contribution in [0.4, 0.5) is 0 Å². The van der Waals surface area contributed by atoms with Gasteiger partial charge in [-0.1, -0.05) is 30.3 Å². The first-order valence-corrected chi connectivity index (χ1v) is 6.80. The molecule has 0 aliphatic carbocycles. The highest BCUT2D eigenvalue weighted by Gasteiger charge is 2.35. The van der Waals surface area contributed by atoms with E-state index < -0.39 is 0 Å². The third-order valence-electron chi connectivity index (χ3n) is 3.93. The lowest BCUT2D eigenvalue weighted by molar-refractivity contribution is -0.139. The minimum atomic E-state index is -0.321. The van der Waals surface area contributed by atoms with E-state index in [-0.39, 0.29) is 24.4 Å². The number of carbonyl (C=O) groups excluding carboxylic acids is 1. The zero-order valence-corrected chi connectivity index (χ0v) is 12.2. The van der Waals surface area contributed by atoms with Gasteiger partial charge in [0, 0.05) is 18.6 Å². The molecule has 6 nitrogen and oxygen atoms in total. The van der Waals surface area contributed by atoms with E-state index in [1.165, 1.54) is 7.11 Å². The zero-order valence-electron chi connectivity index (χ0n) is 12.2. The molecule has 0 radical (unpaired) electrons. The molecule has 21 heavy (non-hydrogen) atoms. The maximum absolute atomic E-state index is 11.5. The number of nitrogens with zero attached hydrogens (tertiary/aromatic N) is 3.